The number of hydrogen-bond acceptors (Lipinski definition) is 3. The molecule has 0 aromatic rings. The first-order chi connectivity index (χ1) is 7.90. The van der Waals surface area contributed by atoms with Crippen molar-refractivity contribution in [2.75, 3.05) is 18.9 Å². The molecular weight excluding hydrogens is 218 g/mol. The molecule has 0 spiro atoms. The van der Waals surface area contributed by atoms with E-state index in [2.05, 4.69) is 11.8 Å². The van der Waals surface area contributed by atoms with E-state index >= 15 is 0 Å². The van der Waals surface area contributed by atoms with Gasteiger partial charge >= 0.3 is 0 Å². The van der Waals surface area contributed by atoms with Gasteiger partial charge in [0.1, 0.15) is 0 Å². The molecule has 2 aliphatic rings. The Balaban J connectivity index is 1.75. The van der Waals surface area contributed by atoms with Gasteiger partial charge in [0.05, 0.1) is 6.10 Å². The summed E-state index contributed by atoms with van der Waals surface area (Å²) >= 11 is 2.14. The van der Waals surface area contributed by atoms with E-state index in [1.807, 2.05) is 0 Å². The van der Waals surface area contributed by atoms with Gasteiger partial charge in [-0.1, -0.05) is 19.3 Å². The zero-order chi connectivity index (χ0) is 11.2. The average Bonchev–Trinajstić information content (AvgIpc) is 2.71. The summed E-state index contributed by atoms with van der Waals surface area (Å²) in [6.07, 6.45) is 9.99. The van der Waals surface area contributed by atoms with E-state index in [-0.39, 0.29) is 0 Å². The first kappa shape index (κ1) is 12.7. The van der Waals surface area contributed by atoms with Crippen LogP contribution in [0, 0.1) is 5.92 Å². The quantitative estimate of drug-likeness (QED) is 0.771. The van der Waals surface area contributed by atoms with Crippen LogP contribution in [0.25, 0.3) is 0 Å². The zero-order valence-corrected chi connectivity index (χ0v) is 11.0. The van der Waals surface area contributed by atoms with E-state index in [9.17, 15) is 0 Å². The van der Waals surface area contributed by atoms with Crippen molar-refractivity contribution in [2.45, 2.75) is 56.3 Å². The van der Waals surface area contributed by atoms with Gasteiger partial charge in [0.2, 0.25) is 0 Å². The molecular formula is C13H25NOS. The standard InChI is InChI=1S/C13H25NOS/c14-9-11-5-2-1-3-7-13(11)16-10-12-6-4-8-15-12/h11-13H,1-10,14H2. The van der Waals surface area contributed by atoms with Gasteiger partial charge in [-0.3, -0.25) is 0 Å². The molecule has 1 aliphatic carbocycles. The second kappa shape index (κ2) is 6.87. The molecule has 1 saturated heterocycles. The minimum Gasteiger partial charge on any atom is -0.377 e. The van der Waals surface area contributed by atoms with Crippen LogP contribution in [0.3, 0.4) is 0 Å². The van der Waals surface area contributed by atoms with Crippen LogP contribution >= 0.6 is 11.8 Å². The van der Waals surface area contributed by atoms with Crippen LogP contribution in [0.4, 0.5) is 0 Å². The lowest BCUT2D eigenvalue weighted by molar-refractivity contribution is 0.128. The Labute approximate surface area is 104 Å². The Morgan fingerprint density at radius 3 is 2.69 bits per heavy atom. The average molecular weight is 243 g/mol. The summed E-state index contributed by atoms with van der Waals surface area (Å²) in [5.74, 6) is 1.95. The van der Waals surface area contributed by atoms with E-state index in [1.165, 1.54) is 50.7 Å². The van der Waals surface area contributed by atoms with Gasteiger partial charge in [0.25, 0.3) is 0 Å². The molecule has 2 fully saturated rings. The number of ether oxygens (including phenoxy) is 1. The summed E-state index contributed by atoms with van der Waals surface area (Å²) in [7, 11) is 0. The molecule has 2 N–H and O–H groups in total. The lowest BCUT2D eigenvalue weighted by atomic mass is 10.0. The van der Waals surface area contributed by atoms with Crippen LogP contribution in [0.2, 0.25) is 0 Å². The molecule has 94 valence electrons. The van der Waals surface area contributed by atoms with E-state index in [1.54, 1.807) is 0 Å². The first-order valence-corrected chi connectivity index (χ1v) is 7.88. The summed E-state index contributed by atoms with van der Waals surface area (Å²) < 4.78 is 5.69. The fourth-order valence-electron chi connectivity index (χ4n) is 2.85. The highest BCUT2D eigenvalue weighted by molar-refractivity contribution is 7.99. The van der Waals surface area contributed by atoms with Crippen molar-refractivity contribution in [2.24, 2.45) is 11.7 Å². The van der Waals surface area contributed by atoms with Crippen LogP contribution in [0.15, 0.2) is 0 Å². The molecule has 0 aromatic carbocycles. The molecule has 1 aliphatic heterocycles. The van der Waals surface area contributed by atoms with Gasteiger partial charge in [0.15, 0.2) is 0 Å². The van der Waals surface area contributed by atoms with Crippen molar-refractivity contribution in [1.82, 2.24) is 0 Å². The largest absolute Gasteiger partial charge is 0.377 e. The predicted octanol–water partition coefficient (Wildman–Crippen LogP) is 2.81. The molecule has 1 heterocycles. The number of nitrogens with two attached hydrogens (primary N) is 1. The van der Waals surface area contributed by atoms with Crippen molar-refractivity contribution in [3.63, 3.8) is 0 Å². The third kappa shape index (κ3) is 3.64. The molecule has 0 radical (unpaired) electrons. The summed E-state index contributed by atoms with van der Waals surface area (Å²) in [6.45, 7) is 1.86. The van der Waals surface area contributed by atoms with Gasteiger partial charge in [-0.05, 0) is 38.1 Å². The Bertz CT molecular complexity index is 194. The summed E-state index contributed by atoms with van der Waals surface area (Å²) in [5, 5.41) is 0.802. The molecule has 0 aromatic heterocycles. The van der Waals surface area contributed by atoms with E-state index in [0.717, 1.165) is 24.3 Å². The molecule has 2 rings (SSSR count). The molecule has 0 bridgehead atoms. The van der Waals surface area contributed by atoms with Crippen LogP contribution in [0.5, 0.6) is 0 Å². The van der Waals surface area contributed by atoms with Crippen LogP contribution < -0.4 is 5.73 Å². The Kier molecular flexibility index (Phi) is 5.46. The molecule has 3 heteroatoms. The number of thioether (sulfide) groups is 1. The normalized spacial score (nSPS) is 36.2. The molecule has 0 amide bonds. The SMILES string of the molecule is NCC1CCCCCC1SCC1CCCO1. The summed E-state index contributed by atoms with van der Waals surface area (Å²) in [6, 6.07) is 0. The molecule has 3 unspecified atom stereocenters. The maximum atomic E-state index is 5.90. The van der Waals surface area contributed by atoms with Gasteiger partial charge in [-0.2, -0.15) is 11.8 Å². The number of hydrogen-bond donors (Lipinski definition) is 1. The first-order valence-electron chi connectivity index (χ1n) is 6.83. The zero-order valence-electron chi connectivity index (χ0n) is 10.2. The highest BCUT2D eigenvalue weighted by Gasteiger charge is 2.25. The third-order valence-electron chi connectivity index (χ3n) is 3.91. The number of rotatable bonds is 4. The van der Waals surface area contributed by atoms with Crippen molar-refractivity contribution in [3.05, 3.63) is 0 Å². The van der Waals surface area contributed by atoms with Crippen molar-refractivity contribution in [3.8, 4) is 0 Å². The second-order valence-corrected chi connectivity index (χ2v) is 6.41. The topological polar surface area (TPSA) is 35.2 Å². The minimum atomic E-state index is 0.534. The lowest BCUT2D eigenvalue weighted by Gasteiger charge is -2.24. The fraction of sp³-hybridized carbons (Fsp3) is 1.00. The minimum absolute atomic E-state index is 0.534. The Hall–Kier alpha value is 0.270. The summed E-state index contributed by atoms with van der Waals surface area (Å²) in [4.78, 5) is 0. The van der Waals surface area contributed by atoms with Gasteiger partial charge < -0.3 is 10.5 Å². The van der Waals surface area contributed by atoms with Crippen LogP contribution in [-0.4, -0.2) is 30.3 Å². The highest BCUT2D eigenvalue weighted by Crippen LogP contribution is 2.33. The predicted molar refractivity (Wildman–Crippen MR) is 70.8 cm³/mol. The van der Waals surface area contributed by atoms with Gasteiger partial charge in [-0.25, -0.2) is 0 Å². The highest BCUT2D eigenvalue weighted by atomic mass is 32.2. The van der Waals surface area contributed by atoms with Crippen LogP contribution in [0.1, 0.15) is 44.9 Å². The van der Waals surface area contributed by atoms with E-state index < -0.39 is 0 Å². The third-order valence-corrected chi connectivity index (χ3v) is 5.53. The molecule has 2 nitrogen and oxygen atoms in total. The lowest BCUT2D eigenvalue weighted by Crippen LogP contribution is -2.26. The molecule has 3 atom stereocenters. The van der Waals surface area contributed by atoms with Crippen molar-refractivity contribution >= 4 is 11.8 Å². The summed E-state index contributed by atoms with van der Waals surface area (Å²) in [5.41, 5.74) is 5.90. The monoisotopic (exact) mass is 243 g/mol. The van der Waals surface area contributed by atoms with Crippen molar-refractivity contribution in [1.29, 1.82) is 0 Å². The second-order valence-electron chi connectivity index (χ2n) is 5.14. The molecule has 16 heavy (non-hydrogen) atoms. The van der Waals surface area contributed by atoms with Gasteiger partial charge in [0, 0.05) is 17.6 Å². The van der Waals surface area contributed by atoms with Gasteiger partial charge in [-0.15, -0.1) is 0 Å². The van der Waals surface area contributed by atoms with E-state index in [0.29, 0.717) is 6.10 Å². The Morgan fingerprint density at radius 2 is 1.94 bits per heavy atom. The molecule has 1 saturated carbocycles. The maximum absolute atomic E-state index is 5.90. The fourth-order valence-corrected chi connectivity index (χ4v) is 4.42. The van der Waals surface area contributed by atoms with Crippen molar-refractivity contribution < 1.29 is 4.74 Å². The van der Waals surface area contributed by atoms with Crippen LogP contribution in [-0.2, 0) is 4.74 Å². The smallest absolute Gasteiger partial charge is 0.0666 e. The Morgan fingerprint density at radius 1 is 1.06 bits per heavy atom. The maximum Gasteiger partial charge on any atom is 0.0666 e. The van der Waals surface area contributed by atoms with E-state index in [4.69, 9.17) is 10.5 Å².